The Morgan fingerprint density at radius 2 is 1.71 bits per heavy atom. The molecular formula is C15H26S2. The lowest BCUT2D eigenvalue weighted by Crippen LogP contribution is -1.70. The molecule has 2 heteroatoms. The Labute approximate surface area is 117 Å². The molecule has 17 heavy (non-hydrogen) atoms. The van der Waals surface area contributed by atoms with E-state index in [2.05, 4.69) is 26.1 Å². The maximum absolute atomic E-state index is 4.05. The van der Waals surface area contributed by atoms with Crippen molar-refractivity contribution >= 4 is 30.5 Å². The van der Waals surface area contributed by atoms with E-state index in [9.17, 15) is 0 Å². The Morgan fingerprint density at radius 3 is 1.94 bits per heavy atom. The zero-order valence-electron chi connectivity index (χ0n) is 11.4. The van der Waals surface area contributed by atoms with Gasteiger partial charge in [0.2, 0.25) is 0 Å². The summed E-state index contributed by atoms with van der Waals surface area (Å²) in [6, 6.07) is 10.0. The summed E-state index contributed by atoms with van der Waals surface area (Å²) in [6.07, 6.45) is 9.84. The van der Waals surface area contributed by atoms with Crippen molar-refractivity contribution in [1.82, 2.24) is 0 Å². The van der Waals surface area contributed by atoms with Crippen molar-refractivity contribution < 1.29 is 0 Å². The van der Waals surface area contributed by atoms with Crippen LogP contribution in [0.3, 0.4) is 0 Å². The topological polar surface area (TPSA) is 0 Å². The van der Waals surface area contributed by atoms with Gasteiger partial charge in [-0.15, -0.1) is 0 Å². The predicted octanol–water partition coefficient (Wildman–Crippen LogP) is 5.42. The zero-order chi connectivity index (χ0) is 13.4. The van der Waals surface area contributed by atoms with Crippen molar-refractivity contribution in [2.75, 3.05) is 18.3 Å². The predicted molar refractivity (Wildman–Crippen MR) is 89.4 cm³/mol. The van der Waals surface area contributed by atoms with Crippen LogP contribution in [0.2, 0.25) is 0 Å². The number of hydrogen-bond donors (Lipinski definition) is 1. The first-order valence-corrected chi connectivity index (χ1v) is 8.21. The minimum absolute atomic E-state index is 1.05. The van der Waals surface area contributed by atoms with Crippen LogP contribution in [0.5, 0.6) is 0 Å². The number of hydrogen-bond acceptors (Lipinski definition) is 2. The number of thiol groups is 1. The third kappa shape index (κ3) is 18.2. The quantitative estimate of drug-likeness (QED) is 0.563. The summed E-state index contributed by atoms with van der Waals surface area (Å²) in [7, 11) is 0. The van der Waals surface area contributed by atoms with E-state index in [1.807, 2.05) is 48.9 Å². The molecule has 0 aliphatic heterocycles. The monoisotopic (exact) mass is 270 g/mol. The fourth-order valence-corrected chi connectivity index (χ4v) is 1.17. The number of rotatable bonds is 4. The van der Waals surface area contributed by atoms with Gasteiger partial charge < -0.3 is 0 Å². The van der Waals surface area contributed by atoms with E-state index in [0.29, 0.717) is 0 Å². The van der Waals surface area contributed by atoms with Crippen LogP contribution >= 0.6 is 24.4 Å². The molecule has 0 aliphatic carbocycles. The Hall–Kier alpha value is -0.340. The van der Waals surface area contributed by atoms with Crippen LogP contribution in [-0.2, 0) is 0 Å². The van der Waals surface area contributed by atoms with Crippen LogP contribution < -0.4 is 0 Å². The van der Waals surface area contributed by atoms with Gasteiger partial charge >= 0.3 is 0 Å². The minimum atomic E-state index is 1.05. The molecule has 1 aromatic carbocycles. The second-order valence-electron chi connectivity index (χ2n) is 3.45. The molecule has 1 aromatic rings. The average molecular weight is 271 g/mol. The number of benzene rings is 1. The summed E-state index contributed by atoms with van der Waals surface area (Å²) in [5, 5.41) is 0. The SMILES string of the molecule is C=Cc1ccccc1.CCCCCS.CSC. The standard InChI is InChI=1S/C8H8.C5H12S.C2H6S/c1-2-8-6-4-3-5-7-8;1-2-3-4-5-6;1-3-2/h2-7H,1H2;6H,2-5H2,1H3;1-2H3. The Kier molecular flexibility index (Phi) is 20.2. The zero-order valence-corrected chi connectivity index (χ0v) is 13.1. The molecule has 0 radical (unpaired) electrons. The summed E-state index contributed by atoms with van der Waals surface area (Å²) >= 11 is 5.80. The third-order valence-corrected chi connectivity index (χ3v) is 2.11. The molecule has 0 aliphatic rings. The van der Waals surface area contributed by atoms with Crippen molar-refractivity contribution in [2.45, 2.75) is 26.2 Å². The Balaban J connectivity index is 0. The van der Waals surface area contributed by atoms with Crippen molar-refractivity contribution in [1.29, 1.82) is 0 Å². The van der Waals surface area contributed by atoms with Crippen LogP contribution in [0.25, 0.3) is 6.08 Å². The maximum atomic E-state index is 4.05. The van der Waals surface area contributed by atoms with Crippen molar-refractivity contribution in [3.8, 4) is 0 Å². The molecule has 0 spiro atoms. The van der Waals surface area contributed by atoms with E-state index in [4.69, 9.17) is 0 Å². The van der Waals surface area contributed by atoms with E-state index >= 15 is 0 Å². The number of thioether (sulfide) groups is 1. The van der Waals surface area contributed by atoms with Gasteiger partial charge in [0, 0.05) is 0 Å². The third-order valence-electron chi connectivity index (χ3n) is 1.80. The van der Waals surface area contributed by atoms with Gasteiger partial charge in [0.1, 0.15) is 0 Å². The Bertz CT molecular complexity index is 228. The summed E-state index contributed by atoms with van der Waals surface area (Å²) in [6.45, 7) is 5.83. The smallest absolute Gasteiger partial charge is 0.00979 e. The molecule has 0 heterocycles. The van der Waals surface area contributed by atoms with Gasteiger partial charge in [0.25, 0.3) is 0 Å². The summed E-state index contributed by atoms with van der Waals surface area (Å²) in [5.41, 5.74) is 1.17. The lowest BCUT2D eigenvalue weighted by Gasteiger charge is -1.85. The summed E-state index contributed by atoms with van der Waals surface area (Å²) in [5.74, 6) is 1.05. The fraction of sp³-hybridized carbons (Fsp3) is 0.467. The van der Waals surface area contributed by atoms with E-state index in [1.54, 1.807) is 11.8 Å². The fourth-order valence-electron chi connectivity index (χ4n) is 0.951. The highest BCUT2D eigenvalue weighted by Gasteiger charge is 1.76. The van der Waals surface area contributed by atoms with Crippen molar-refractivity contribution in [2.24, 2.45) is 0 Å². The highest BCUT2D eigenvalue weighted by atomic mass is 32.2. The van der Waals surface area contributed by atoms with Crippen LogP contribution in [0.15, 0.2) is 36.9 Å². The molecular weight excluding hydrogens is 244 g/mol. The van der Waals surface area contributed by atoms with E-state index < -0.39 is 0 Å². The summed E-state index contributed by atoms with van der Waals surface area (Å²) in [4.78, 5) is 0. The molecule has 0 aromatic heterocycles. The molecule has 0 bridgehead atoms. The van der Waals surface area contributed by atoms with Gasteiger partial charge in [-0.25, -0.2) is 0 Å². The molecule has 0 fully saturated rings. The van der Waals surface area contributed by atoms with Gasteiger partial charge in [-0.2, -0.15) is 24.4 Å². The van der Waals surface area contributed by atoms with Crippen molar-refractivity contribution in [3.05, 3.63) is 42.5 Å². The molecule has 1 rings (SSSR count). The first-order chi connectivity index (χ1) is 8.26. The molecule has 0 saturated heterocycles. The second-order valence-corrected chi connectivity index (χ2v) is 4.72. The molecule has 0 nitrogen and oxygen atoms in total. The van der Waals surface area contributed by atoms with Crippen LogP contribution in [0.1, 0.15) is 31.7 Å². The Morgan fingerprint density at radius 1 is 1.18 bits per heavy atom. The number of unbranched alkanes of at least 4 members (excludes halogenated alkanes) is 2. The van der Waals surface area contributed by atoms with E-state index in [-0.39, 0.29) is 0 Å². The van der Waals surface area contributed by atoms with Crippen molar-refractivity contribution in [3.63, 3.8) is 0 Å². The molecule has 0 saturated carbocycles. The first-order valence-electron chi connectivity index (χ1n) is 5.95. The minimum Gasteiger partial charge on any atom is -0.179 e. The van der Waals surface area contributed by atoms with Crippen LogP contribution in [0.4, 0.5) is 0 Å². The largest absolute Gasteiger partial charge is 0.179 e. The normalized spacial score (nSPS) is 8.24. The molecule has 98 valence electrons. The van der Waals surface area contributed by atoms with Gasteiger partial charge in [-0.1, -0.05) is 62.8 Å². The van der Waals surface area contributed by atoms with Gasteiger partial charge in [0.15, 0.2) is 0 Å². The molecule has 0 unspecified atom stereocenters. The van der Waals surface area contributed by atoms with E-state index in [1.165, 1.54) is 24.8 Å². The summed E-state index contributed by atoms with van der Waals surface area (Å²) < 4.78 is 0. The van der Waals surface area contributed by atoms with Crippen LogP contribution in [0, 0.1) is 0 Å². The van der Waals surface area contributed by atoms with Crippen LogP contribution in [-0.4, -0.2) is 18.3 Å². The molecule has 0 N–H and O–H groups in total. The highest BCUT2D eigenvalue weighted by Crippen LogP contribution is 1.97. The molecule has 0 atom stereocenters. The lowest BCUT2D eigenvalue weighted by atomic mass is 10.2. The van der Waals surface area contributed by atoms with Gasteiger partial charge in [-0.05, 0) is 30.2 Å². The highest BCUT2D eigenvalue weighted by molar-refractivity contribution is 7.97. The molecule has 0 amide bonds. The lowest BCUT2D eigenvalue weighted by molar-refractivity contribution is 0.780. The maximum Gasteiger partial charge on any atom is -0.00979 e. The average Bonchev–Trinajstić information content (AvgIpc) is 2.39. The van der Waals surface area contributed by atoms with Gasteiger partial charge in [-0.3, -0.25) is 0 Å². The van der Waals surface area contributed by atoms with E-state index in [0.717, 1.165) is 5.75 Å². The second kappa shape index (κ2) is 18.0. The van der Waals surface area contributed by atoms with Gasteiger partial charge in [0.05, 0.1) is 0 Å². The first kappa shape index (κ1) is 19.0.